The first-order chi connectivity index (χ1) is 46.4. The predicted molar refractivity (Wildman–Crippen MR) is 351 cm³/mol. The van der Waals surface area contributed by atoms with Gasteiger partial charge in [-0.2, -0.15) is 20.2 Å². The van der Waals surface area contributed by atoms with Crippen molar-refractivity contribution in [1.82, 2.24) is 57.8 Å². The van der Waals surface area contributed by atoms with Crippen LogP contribution in [-0.2, 0) is 98.4 Å². The van der Waals surface area contributed by atoms with Gasteiger partial charge in [-0.25, -0.2) is 4.98 Å². The number of imidazole rings is 1. The minimum Gasteiger partial charge on any atom is -0.481 e. The second kappa shape index (κ2) is 40.6. The number of carbonyl (C=O) groups excluding carboxylic acids is 11. The number of hydrogen-bond acceptors (Lipinski definition) is 20. The average Bonchev–Trinajstić information content (AvgIpc) is 0.893. The third-order valence-electron chi connectivity index (χ3n) is 14.3. The van der Waals surface area contributed by atoms with E-state index >= 15 is 0 Å². The van der Waals surface area contributed by atoms with E-state index in [0.717, 1.165) is 12.1 Å². The number of primary amides is 2. The molecule has 0 aliphatic rings. The summed E-state index contributed by atoms with van der Waals surface area (Å²) in [7, 11) is -5.02. The fraction of sp³-hybridized carbons (Fsp3) is 0.417. The maximum absolute atomic E-state index is 14.4. The highest BCUT2D eigenvalue weighted by Gasteiger charge is 2.36. The van der Waals surface area contributed by atoms with E-state index in [4.69, 9.17) is 28.7 Å². The van der Waals surface area contributed by atoms with Crippen molar-refractivity contribution >= 4 is 105 Å². The van der Waals surface area contributed by atoms with E-state index in [9.17, 15) is 85.5 Å². The molecule has 532 valence electrons. The Morgan fingerprint density at radius 1 is 0.551 bits per heavy atom. The monoisotopic (exact) mass is 1410 g/mol. The minimum absolute atomic E-state index is 0.00901. The molecule has 0 saturated carbocycles. The molecular weight excluding hydrogens is 1330 g/mol. The Morgan fingerprint density at radius 2 is 1.02 bits per heavy atom. The Kier molecular flexibility index (Phi) is 33.0. The van der Waals surface area contributed by atoms with Crippen molar-refractivity contribution < 1.29 is 89.7 Å². The molecule has 11 amide bonds. The van der Waals surface area contributed by atoms with Gasteiger partial charge in [0, 0.05) is 57.0 Å². The Morgan fingerprint density at radius 3 is 1.52 bits per heavy atom. The average molecular weight is 1410 g/mol. The van der Waals surface area contributed by atoms with Crippen LogP contribution in [0.5, 0.6) is 5.75 Å². The molecule has 38 heteroatoms. The number of carbonyl (C=O) groups is 13. The summed E-state index contributed by atoms with van der Waals surface area (Å²) in [4.78, 5) is 185. The summed E-state index contributed by atoms with van der Waals surface area (Å²) < 4.78 is 36.6. The number of H-pyrrole nitrogens is 1. The zero-order valence-electron chi connectivity index (χ0n) is 53.0. The van der Waals surface area contributed by atoms with Crippen LogP contribution in [0.1, 0.15) is 73.8 Å². The molecule has 9 atom stereocenters. The standard InChI is InChI=1S/C60H81N17O19S2/c1-97-24-22-41(56(89)71-39(13-8-23-67-60(64)65)54(87)74-42(51(63)84)25-33-9-4-2-5-10-33)73-58(91)45(28-36-30-66-32-69-36)70-48(79)31-68-53(86)43(27-35-14-16-37(17-15-35)96-98(93,94)95)76-55(88)40(19-21-49(80)81)72-59(92)46(29-50(82)83)77-57(90)44(26-34-11-6-3-7-12-34)75-52(85)38(61)18-20-47(62)78/h2-7,9-12,14-17,30,32,38-46H,8,13,18-29,31,61H2,1H3,(H2,62,78)(H2,63,84)(H,66,69)(H,68,86)(H,70,79)(H,71,89)(H,72,92)(H,73,91)(H,74,87)(H,75,85)(H,76,88)(H,77,90)(H,80,81)(H,82,83)(H4,64,65,67)(H,93,94,95)/t38-,39-,40-,41-,42-,43-,44-,45-,46-/m0/s1. The summed E-state index contributed by atoms with van der Waals surface area (Å²) in [5, 5.41) is 41.5. The number of amides is 11. The van der Waals surface area contributed by atoms with Gasteiger partial charge in [-0.3, -0.25) is 71.9 Å². The van der Waals surface area contributed by atoms with Gasteiger partial charge >= 0.3 is 22.3 Å². The van der Waals surface area contributed by atoms with Crippen LogP contribution in [0.25, 0.3) is 0 Å². The van der Waals surface area contributed by atoms with Crippen molar-refractivity contribution in [2.45, 2.75) is 131 Å². The van der Waals surface area contributed by atoms with E-state index < -0.39 is 180 Å². The van der Waals surface area contributed by atoms with Gasteiger partial charge in [0.05, 0.1) is 25.3 Å². The number of nitrogens with one attached hydrogen (secondary N) is 10. The van der Waals surface area contributed by atoms with E-state index in [2.05, 4.69) is 67.0 Å². The number of benzene rings is 3. The highest BCUT2D eigenvalue weighted by Crippen LogP contribution is 2.17. The van der Waals surface area contributed by atoms with E-state index in [-0.39, 0.29) is 75.2 Å². The van der Waals surface area contributed by atoms with Gasteiger partial charge in [0.25, 0.3) is 0 Å². The first-order valence-electron chi connectivity index (χ1n) is 30.2. The first-order valence-corrected chi connectivity index (χ1v) is 33.0. The van der Waals surface area contributed by atoms with Crippen molar-refractivity contribution in [3.05, 3.63) is 120 Å². The second-order valence-corrected chi connectivity index (χ2v) is 24.1. The summed E-state index contributed by atoms with van der Waals surface area (Å²) in [5.74, 6) is -14.7. The van der Waals surface area contributed by atoms with Crippen LogP contribution in [0.3, 0.4) is 0 Å². The van der Waals surface area contributed by atoms with Crippen LogP contribution < -0.4 is 80.7 Å². The minimum atomic E-state index is -5.02. The number of hydrogen-bond donors (Lipinski definition) is 18. The Labute approximate surface area is 566 Å². The van der Waals surface area contributed by atoms with Crippen LogP contribution >= 0.6 is 11.8 Å². The molecule has 0 spiro atoms. The molecule has 98 heavy (non-hydrogen) atoms. The van der Waals surface area contributed by atoms with E-state index in [1.807, 2.05) is 0 Å². The van der Waals surface area contributed by atoms with Crippen LogP contribution in [0.2, 0.25) is 0 Å². The van der Waals surface area contributed by atoms with Gasteiger partial charge in [0.15, 0.2) is 5.96 Å². The molecule has 3 aromatic carbocycles. The molecule has 23 N–H and O–H groups in total. The largest absolute Gasteiger partial charge is 0.481 e. The zero-order chi connectivity index (χ0) is 72.5. The van der Waals surface area contributed by atoms with Crippen molar-refractivity contribution in [2.24, 2.45) is 33.7 Å². The number of rotatable bonds is 44. The molecule has 1 heterocycles. The van der Waals surface area contributed by atoms with E-state index in [0.29, 0.717) is 16.8 Å². The smallest absolute Gasteiger partial charge is 0.446 e. The van der Waals surface area contributed by atoms with Gasteiger partial charge in [0.1, 0.15) is 54.1 Å². The van der Waals surface area contributed by atoms with Gasteiger partial charge in [-0.1, -0.05) is 72.8 Å². The van der Waals surface area contributed by atoms with Gasteiger partial charge in [0.2, 0.25) is 65.0 Å². The summed E-state index contributed by atoms with van der Waals surface area (Å²) in [6, 6.07) is 7.03. The van der Waals surface area contributed by atoms with Crippen molar-refractivity contribution in [1.29, 1.82) is 0 Å². The summed E-state index contributed by atoms with van der Waals surface area (Å²) in [6.07, 6.45) is 0.0562. The van der Waals surface area contributed by atoms with Crippen molar-refractivity contribution in [3.8, 4) is 5.75 Å². The number of carboxylic acids is 2. The molecule has 0 bridgehead atoms. The Balaban J connectivity index is 1.61. The Hall–Kier alpha value is -10.7. The number of thioether (sulfide) groups is 1. The number of guanidine groups is 1. The number of aromatic nitrogens is 2. The molecule has 36 nitrogen and oxygen atoms in total. The van der Waals surface area contributed by atoms with Gasteiger partial charge < -0.3 is 95.9 Å². The van der Waals surface area contributed by atoms with Gasteiger partial charge in [-0.15, -0.1) is 0 Å². The lowest BCUT2D eigenvalue weighted by molar-refractivity contribution is -0.141. The molecule has 0 saturated heterocycles. The van der Waals surface area contributed by atoms with E-state index in [1.54, 1.807) is 66.9 Å². The summed E-state index contributed by atoms with van der Waals surface area (Å²) in [5.41, 5.74) is 29.4. The SMILES string of the molecule is CSCC[C@H](NC(=O)[C@H](Cc1cnc[nH]1)NC(=O)CNC(=O)[C@H](Cc1ccc(OS(=O)(=O)O)cc1)NC(=O)[C@H](CCC(=O)O)NC(=O)[C@H](CC(=O)O)NC(=O)[C@H](Cc1ccccc1)NC(=O)[C@@H](N)CCC(N)=O)C(=O)N[C@@H](CCCN=C(N)N)C(=O)N[C@@H](Cc1ccccc1)C(N)=O. The number of nitrogens with two attached hydrogens (primary N) is 5. The molecule has 4 aromatic rings. The third-order valence-corrected chi connectivity index (χ3v) is 15.3. The molecular formula is C60H81N17O19S2. The fourth-order valence-corrected chi connectivity index (χ4v) is 10.1. The predicted octanol–water partition coefficient (Wildman–Crippen LogP) is -4.92. The summed E-state index contributed by atoms with van der Waals surface area (Å²) in [6.45, 7) is -0.918. The van der Waals surface area contributed by atoms with E-state index in [1.165, 1.54) is 36.4 Å². The maximum Gasteiger partial charge on any atom is 0.446 e. The van der Waals surface area contributed by atoms with Crippen LogP contribution in [0, 0.1) is 0 Å². The highest BCUT2D eigenvalue weighted by atomic mass is 32.3. The summed E-state index contributed by atoms with van der Waals surface area (Å²) >= 11 is 1.30. The molecule has 0 unspecified atom stereocenters. The number of aliphatic carboxylic acids is 2. The number of aromatic amines is 1. The lowest BCUT2D eigenvalue weighted by Gasteiger charge is -2.27. The van der Waals surface area contributed by atoms with Crippen molar-refractivity contribution in [3.63, 3.8) is 0 Å². The number of carboxylic acid groups (broad SMARTS) is 2. The van der Waals surface area contributed by atoms with Crippen LogP contribution in [-0.4, -0.2) is 196 Å². The molecule has 4 rings (SSSR count). The van der Waals surface area contributed by atoms with Gasteiger partial charge in [-0.05, 0) is 72.9 Å². The lowest BCUT2D eigenvalue weighted by Crippen LogP contribution is -2.60. The fourth-order valence-electron chi connectivity index (χ4n) is 9.28. The lowest BCUT2D eigenvalue weighted by atomic mass is 10.0. The highest BCUT2D eigenvalue weighted by molar-refractivity contribution is 7.98. The van der Waals surface area contributed by atoms with Crippen LogP contribution in [0.4, 0.5) is 0 Å². The maximum atomic E-state index is 14.4. The second-order valence-electron chi connectivity index (χ2n) is 22.1. The topological polar surface area (TPSA) is 605 Å². The zero-order valence-corrected chi connectivity index (χ0v) is 54.6. The first kappa shape index (κ1) is 79.7. The normalized spacial score (nSPS) is 13.8. The molecule has 0 radical (unpaired) electrons. The molecule has 1 aromatic heterocycles. The number of nitrogens with zero attached hydrogens (tertiary/aromatic N) is 2. The molecule has 0 aliphatic carbocycles. The quantitative estimate of drug-likeness (QED) is 0.00854. The Bertz CT molecular complexity index is 3530. The van der Waals surface area contributed by atoms with Crippen LogP contribution in [0.15, 0.2) is 102 Å². The third kappa shape index (κ3) is 30.3. The molecule has 0 aliphatic heterocycles. The number of aliphatic imine (C=N–C) groups is 1. The van der Waals surface area contributed by atoms with Crippen molar-refractivity contribution in [2.75, 3.05) is 25.1 Å². The molecule has 0 fully saturated rings.